The Labute approximate surface area is 237 Å². The summed E-state index contributed by atoms with van der Waals surface area (Å²) in [6, 6.07) is 18.6. The standard InChI is InChI=1S/C24H13Cl2I2N3O2S/c25-17-6-3-7-19(21(17)26)30-24-31-23(32)20(34-24)9-15-8-16(27)10-18(28)22(15)33-12-14-5-2-1-4-13(14)11-29/h1-10H,12H2,(H,30,31,32)/b20-9+. The molecule has 1 heterocycles. The molecule has 0 spiro atoms. The molecule has 0 saturated carbocycles. The molecule has 10 heteroatoms. The van der Waals surface area contributed by atoms with Crippen LogP contribution in [0.4, 0.5) is 5.69 Å². The third-order valence-corrected chi connectivity index (χ3v) is 7.78. The highest BCUT2D eigenvalue weighted by atomic mass is 127. The van der Waals surface area contributed by atoms with Crippen LogP contribution in [-0.4, -0.2) is 11.1 Å². The number of benzene rings is 3. The summed E-state index contributed by atoms with van der Waals surface area (Å²) in [4.78, 5) is 17.6. The van der Waals surface area contributed by atoms with Gasteiger partial charge < -0.3 is 10.1 Å². The van der Waals surface area contributed by atoms with Gasteiger partial charge >= 0.3 is 0 Å². The maximum Gasteiger partial charge on any atom is 0.264 e. The second-order valence-corrected chi connectivity index (χ2v) is 11.1. The predicted molar refractivity (Wildman–Crippen MR) is 155 cm³/mol. The van der Waals surface area contributed by atoms with Crippen molar-refractivity contribution in [3.05, 3.63) is 93.4 Å². The van der Waals surface area contributed by atoms with Crippen molar-refractivity contribution in [1.29, 1.82) is 5.26 Å². The first kappa shape index (κ1) is 25.3. The second kappa shape index (κ2) is 11.3. The van der Waals surface area contributed by atoms with E-state index >= 15 is 0 Å². The maximum absolute atomic E-state index is 12.7. The fourth-order valence-corrected chi connectivity index (χ4v) is 6.26. The molecule has 1 aliphatic rings. The highest BCUT2D eigenvalue weighted by Crippen LogP contribution is 2.36. The van der Waals surface area contributed by atoms with Crippen LogP contribution in [0.15, 0.2) is 64.5 Å². The number of amidine groups is 1. The fourth-order valence-electron chi connectivity index (χ4n) is 3.05. The Bertz CT molecular complexity index is 1400. The van der Waals surface area contributed by atoms with Gasteiger partial charge in [0.15, 0.2) is 5.17 Å². The molecule has 0 unspecified atom stereocenters. The Morgan fingerprint density at radius 3 is 2.74 bits per heavy atom. The number of nitrogens with zero attached hydrogens (tertiary/aromatic N) is 2. The number of hydrogen-bond acceptors (Lipinski definition) is 5. The van der Waals surface area contributed by atoms with Gasteiger partial charge in [-0.1, -0.05) is 47.5 Å². The molecule has 170 valence electrons. The Hall–Kier alpha value is -1.78. The van der Waals surface area contributed by atoms with Gasteiger partial charge in [-0.05, 0) is 93.4 Å². The van der Waals surface area contributed by atoms with Gasteiger partial charge in [-0.15, -0.1) is 0 Å². The van der Waals surface area contributed by atoms with Gasteiger partial charge in [0.05, 0.1) is 35.8 Å². The zero-order valence-electron chi connectivity index (χ0n) is 17.1. The third-order valence-electron chi connectivity index (χ3n) is 4.64. The molecule has 5 nitrogen and oxygen atoms in total. The number of thioether (sulfide) groups is 1. The van der Waals surface area contributed by atoms with Crippen molar-refractivity contribution in [2.24, 2.45) is 4.99 Å². The monoisotopic (exact) mass is 731 g/mol. The number of rotatable bonds is 5. The molecule has 3 aromatic rings. The number of carbonyl (C=O) groups excluding carboxylic acids is 1. The molecule has 0 radical (unpaired) electrons. The number of nitrogens with one attached hydrogen (secondary N) is 1. The first-order valence-electron chi connectivity index (χ1n) is 9.69. The maximum atomic E-state index is 12.7. The molecule has 34 heavy (non-hydrogen) atoms. The summed E-state index contributed by atoms with van der Waals surface area (Å²) in [6.45, 7) is 0.232. The van der Waals surface area contributed by atoms with Crippen molar-refractivity contribution in [2.75, 3.05) is 0 Å². The third kappa shape index (κ3) is 5.88. The molecule has 1 fully saturated rings. The van der Waals surface area contributed by atoms with Crippen LogP contribution in [0.3, 0.4) is 0 Å². The normalized spacial score (nSPS) is 15.4. The van der Waals surface area contributed by atoms with E-state index < -0.39 is 0 Å². The molecule has 1 N–H and O–H groups in total. The van der Waals surface area contributed by atoms with E-state index in [9.17, 15) is 10.1 Å². The van der Waals surface area contributed by atoms with Crippen LogP contribution in [0.1, 0.15) is 16.7 Å². The minimum absolute atomic E-state index is 0.232. The molecule has 1 amide bonds. The van der Waals surface area contributed by atoms with Crippen LogP contribution in [0.5, 0.6) is 5.75 Å². The summed E-state index contributed by atoms with van der Waals surface area (Å²) in [5.41, 5.74) is 2.58. The van der Waals surface area contributed by atoms with E-state index in [-0.39, 0.29) is 12.5 Å². The summed E-state index contributed by atoms with van der Waals surface area (Å²) in [6.07, 6.45) is 1.78. The van der Waals surface area contributed by atoms with Gasteiger partial charge in [-0.25, -0.2) is 4.99 Å². The van der Waals surface area contributed by atoms with E-state index in [4.69, 9.17) is 27.9 Å². The molecule has 0 aromatic heterocycles. The summed E-state index contributed by atoms with van der Waals surface area (Å²) in [5, 5.41) is 13.2. The lowest BCUT2D eigenvalue weighted by Gasteiger charge is -2.13. The largest absolute Gasteiger partial charge is 0.487 e. The smallest absolute Gasteiger partial charge is 0.264 e. The highest BCUT2D eigenvalue weighted by molar-refractivity contribution is 14.1. The van der Waals surface area contributed by atoms with Crippen LogP contribution in [0, 0.1) is 18.5 Å². The highest BCUT2D eigenvalue weighted by Gasteiger charge is 2.25. The summed E-state index contributed by atoms with van der Waals surface area (Å²) < 4.78 is 8.04. The van der Waals surface area contributed by atoms with Crippen molar-refractivity contribution in [3.63, 3.8) is 0 Å². The van der Waals surface area contributed by atoms with E-state index in [1.807, 2.05) is 30.3 Å². The van der Waals surface area contributed by atoms with Crippen molar-refractivity contribution < 1.29 is 9.53 Å². The molecule has 3 aromatic carbocycles. The van der Waals surface area contributed by atoms with Crippen LogP contribution in [-0.2, 0) is 11.4 Å². The van der Waals surface area contributed by atoms with E-state index in [0.29, 0.717) is 37.1 Å². The first-order chi connectivity index (χ1) is 16.4. The number of hydrogen-bond donors (Lipinski definition) is 1. The molecule has 0 aliphatic carbocycles. The number of aliphatic imine (C=N–C) groups is 1. The number of carbonyl (C=O) groups is 1. The Morgan fingerprint density at radius 1 is 1.15 bits per heavy atom. The Kier molecular flexibility index (Phi) is 8.42. The summed E-state index contributed by atoms with van der Waals surface area (Å²) in [7, 11) is 0. The van der Waals surface area contributed by atoms with Crippen molar-refractivity contribution >= 4 is 103 Å². The predicted octanol–water partition coefficient (Wildman–Crippen LogP) is 7.54. The molecular weight excluding hydrogens is 719 g/mol. The fraction of sp³-hybridized carbons (Fsp3) is 0.0417. The lowest BCUT2D eigenvalue weighted by atomic mass is 10.1. The molecule has 4 rings (SSSR count). The number of halogens is 4. The topological polar surface area (TPSA) is 74.5 Å². The average molecular weight is 732 g/mol. The summed E-state index contributed by atoms with van der Waals surface area (Å²) in [5.74, 6) is 0.370. The SMILES string of the molecule is N#Cc1ccccc1COc1c(I)cc(I)cc1/C=C1/SC(=Nc2cccc(Cl)c2Cl)NC1=O. The van der Waals surface area contributed by atoms with Crippen molar-refractivity contribution in [1.82, 2.24) is 5.32 Å². The first-order valence-corrected chi connectivity index (χ1v) is 13.4. The lowest BCUT2D eigenvalue weighted by molar-refractivity contribution is -0.115. The number of nitriles is 1. The van der Waals surface area contributed by atoms with Gasteiger partial charge in [0.25, 0.3) is 5.91 Å². The van der Waals surface area contributed by atoms with Gasteiger partial charge in [-0.2, -0.15) is 5.26 Å². The zero-order valence-corrected chi connectivity index (χ0v) is 23.8. The van der Waals surface area contributed by atoms with Crippen LogP contribution in [0.2, 0.25) is 10.0 Å². The van der Waals surface area contributed by atoms with E-state index in [1.54, 1.807) is 30.3 Å². The molecule has 1 aliphatic heterocycles. The Morgan fingerprint density at radius 2 is 1.94 bits per heavy atom. The van der Waals surface area contributed by atoms with Gasteiger partial charge in [0.1, 0.15) is 12.4 Å². The van der Waals surface area contributed by atoms with Gasteiger partial charge in [-0.3, -0.25) is 4.79 Å². The zero-order chi connectivity index (χ0) is 24.2. The Balaban J connectivity index is 1.63. The van der Waals surface area contributed by atoms with Crippen LogP contribution in [0.25, 0.3) is 6.08 Å². The average Bonchev–Trinajstić information content (AvgIpc) is 3.15. The van der Waals surface area contributed by atoms with Crippen molar-refractivity contribution in [3.8, 4) is 11.8 Å². The molecular formula is C24H13Cl2I2N3O2S. The van der Waals surface area contributed by atoms with Crippen molar-refractivity contribution in [2.45, 2.75) is 6.61 Å². The quantitative estimate of drug-likeness (QED) is 0.218. The van der Waals surface area contributed by atoms with E-state index in [0.717, 1.165) is 18.3 Å². The molecule has 0 bridgehead atoms. The minimum atomic E-state index is -0.267. The lowest BCUT2D eigenvalue weighted by Crippen LogP contribution is -2.19. The molecule has 1 saturated heterocycles. The van der Waals surface area contributed by atoms with E-state index in [1.165, 1.54) is 11.8 Å². The number of amides is 1. The van der Waals surface area contributed by atoms with Gasteiger partial charge in [0.2, 0.25) is 0 Å². The minimum Gasteiger partial charge on any atom is -0.487 e. The van der Waals surface area contributed by atoms with Crippen LogP contribution >= 0.6 is 80.1 Å². The van der Waals surface area contributed by atoms with Crippen LogP contribution < -0.4 is 10.1 Å². The van der Waals surface area contributed by atoms with E-state index in [2.05, 4.69) is 61.6 Å². The summed E-state index contributed by atoms with van der Waals surface area (Å²) >= 11 is 17.9. The van der Waals surface area contributed by atoms with Gasteiger partial charge in [0, 0.05) is 14.7 Å². The number of ether oxygens (including phenoxy) is 1. The second-order valence-electron chi connectivity index (χ2n) is 6.92. The molecule has 0 atom stereocenters.